The number of halogens is 1. The Kier molecular flexibility index (Phi) is 15.8. The second-order valence-electron chi connectivity index (χ2n) is 8.19. The molecule has 0 spiro atoms. The summed E-state index contributed by atoms with van der Waals surface area (Å²) in [6.45, 7) is 14.8. The van der Waals surface area contributed by atoms with Crippen LogP contribution in [-0.4, -0.2) is 87.2 Å². The Hall–Kier alpha value is 1.09. The fraction of sp³-hybridized carbons (Fsp3) is 1.00. The average molecular weight is 534 g/mol. The summed E-state index contributed by atoms with van der Waals surface area (Å²) in [7, 11) is 5.62. The second-order valence-corrected chi connectivity index (χ2v) is 14.7. The van der Waals surface area contributed by atoms with Gasteiger partial charge in [-0.05, 0) is 65.7 Å². The number of nitrogens with two attached hydrogens (primary N) is 1. The number of nitrogens with zero attached hydrogens (tertiary/aromatic N) is 2. The predicted octanol–water partition coefficient (Wildman–Crippen LogP) is 4.64. The van der Waals surface area contributed by atoms with Crippen molar-refractivity contribution in [3.63, 3.8) is 0 Å². The molecule has 0 aliphatic heterocycles. The van der Waals surface area contributed by atoms with E-state index in [0.29, 0.717) is 6.54 Å². The number of hydrogen-bond acceptors (Lipinski definition) is 10. The molecule has 0 rings (SSSR count). The highest BCUT2D eigenvalue weighted by atomic mass is 32.3. The zero-order chi connectivity index (χ0) is 25.2. The van der Waals surface area contributed by atoms with E-state index in [1.54, 1.807) is 35.3 Å². The molecule has 4 N–H and O–H groups in total. The molecule has 11 heteroatoms. The van der Waals surface area contributed by atoms with Crippen molar-refractivity contribution in [2.75, 3.05) is 45.4 Å². The molecular formula is C21H48FN5OS4. The van der Waals surface area contributed by atoms with Crippen LogP contribution in [0.4, 0.5) is 4.48 Å². The molecule has 0 radical (unpaired) electrons. The maximum absolute atomic E-state index is 17.1. The van der Waals surface area contributed by atoms with Crippen molar-refractivity contribution in [2.24, 2.45) is 5.73 Å². The SMILES string of the molecule is CCCSC(SC)(SCC)C(OC(C)C)N(F)C(N)(SC(C)C)C(NC)(NCC)N(C)C. The number of likely N-dealkylation sites (N-methyl/N-ethyl adjacent to an activating group) is 3. The second kappa shape index (κ2) is 15.3. The van der Waals surface area contributed by atoms with Crippen LogP contribution in [0.1, 0.15) is 54.9 Å². The number of ether oxygens (including phenoxy) is 1. The average Bonchev–Trinajstić information content (AvgIpc) is 2.71. The summed E-state index contributed by atoms with van der Waals surface area (Å²) in [4.78, 5) is 0.412. The van der Waals surface area contributed by atoms with Crippen LogP contribution in [0.2, 0.25) is 0 Å². The Morgan fingerprint density at radius 2 is 1.69 bits per heavy atom. The molecule has 0 saturated carbocycles. The van der Waals surface area contributed by atoms with Gasteiger partial charge in [-0.3, -0.25) is 21.3 Å². The number of nitrogens with one attached hydrogen (secondary N) is 2. The largest absolute Gasteiger partial charge is 0.355 e. The van der Waals surface area contributed by atoms with Gasteiger partial charge in [0.1, 0.15) is 3.41 Å². The van der Waals surface area contributed by atoms with Crippen molar-refractivity contribution in [1.29, 1.82) is 0 Å². The molecule has 0 saturated heterocycles. The van der Waals surface area contributed by atoms with Crippen molar-refractivity contribution in [3.8, 4) is 0 Å². The monoisotopic (exact) mass is 533 g/mol. The third kappa shape index (κ3) is 7.80. The van der Waals surface area contributed by atoms with E-state index in [-0.39, 0.29) is 11.4 Å². The smallest absolute Gasteiger partial charge is 0.194 e. The van der Waals surface area contributed by atoms with Crippen molar-refractivity contribution in [2.45, 2.75) is 86.7 Å². The third-order valence-corrected chi connectivity index (χ3v) is 11.4. The van der Waals surface area contributed by atoms with E-state index in [4.69, 9.17) is 10.5 Å². The maximum Gasteiger partial charge on any atom is 0.194 e. The van der Waals surface area contributed by atoms with Gasteiger partial charge in [-0.2, -0.15) is 0 Å². The van der Waals surface area contributed by atoms with Gasteiger partial charge < -0.3 is 4.74 Å². The zero-order valence-corrected chi connectivity index (χ0v) is 25.2. The zero-order valence-electron chi connectivity index (χ0n) is 22.0. The molecular weight excluding hydrogens is 486 g/mol. The lowest BCUT2D eigenvalue weighted by atomic mass is 10.2. The molecule has 0 aliphatic carbocycles. The molecule has 0 aromatic heterocycles. The molecule has 0 bridgehead atoms. The maximum atomic E-state index is 17.1. The van der Waals surface area contributed by atoms with Gasteiger partial charge in [-0.25, -0.2) is 0 Å². The van der Waals surface area contributed by atoms with Gasteiger partial charge in [0.05, 0.1) is 6.10 Å². The summed E-state index contributed by atoms with van der Waals surface area (Å²) in [6, 6.07) is 0. The molecule has 0 heterocycles. The predicted molar refractivity (Wildman–Crippen MR) is 149 cm³/mol. The first-order valence-electron chi connectivity index (χ1n) is 11.4. The van der Waals surface area contributed by atoms with Crippen LogP contribution in [0.5, 0.6) is 0 Å². The first kappa shape index (κ1) is 33.1. The van der Waals surface area contributed by atoms with Gasteiger partial charge >= 0.3 is 0 Å². The number of rotatable bonds is 18. The summed E-state index contributed by atoms with van der Waals surface area (Å²) in [6.07, 6.45) is 1.99. The lowest BCUT2D eigenvalue weighted by Crippen LogP contribution is -2.84. The van der Waals surface area contributed by atoms with Gasteiger partial charge in [0, 0.05) is 5.25 Å². The van der Waals surface area contributed by atoms with Gasteiger partial charge in [-0.1, -0.05) is 39.7 Å². The Morgan fingerprint density at radius 3 is 2.03 bits per heavy atom. The van der Waals surface area contributed by atoms with Gasteiger partial charge in [0.25, 0.3) is 0 Å². The van der Waals surface area contributed by atoms with Crippen LogP contribution in [0.25, 0.3) is 0 Å². The molecule has 4 atom stereocenters. The van der Waals surface area contributed by atoms with Gasteiger partial charge in [0.15, 0.2) is 17.0 Å². The van der Waals surface area contributed by atoms with E-state index in [1.807, 2.05) is 66.9 Å². The van der Waals surface area contributed by atoms with Crippen LogP contribution >= 0.6 is 47.0 Å². The van der Waals surface area contributed by atoms with Gasteiger partial charge in [0.2, 0.25) is 0 Å². The van der Waals surface area contributed by atoms with E-state index in [0.717, 1.165) is 23.0 Å². The minimum Gasteiger partial charge on any atom is -0.355 e. The van der Waals surface area contributed by atoms with E-state index < -0.39 is 20.4 Å². The Morgan fingerprint density at radius 1 is 1.09 bits per heavy atom. The Balaban J connectivity index is 6.88. The van der Waals surface area contributed by atoms with Crippen LogP contribution in [0.3, 0.4) is 0 Å². The Bertz CT molecular complexity index is 523. The van der Waals surface area contributed by atoms with Crippen molar-refractivity contribution in [1.82, 2.24) is 20.7 Å². The van der Waals surface area contributed by atoms with Crippen LogP contribution in [-0.2, 0) is 4.74 Å². The quantitative estimate of drug-likeness (QED) is 0.172. The number of thioether (sulfide) groups is 4. The normalized spacial score (nSPS) is 19.4. The fourth-order valence-electron chi connectivity index (χ4n) is 3.56. The molecule has 0 fully saturated rings. The van der Waals surface area contributed by atoms with Crippen LogP contribution < -0.4 is 16.4 Å². The van der Waals surface area contributed by atoms with Crippen molar-refractivity contribution in [3.05, 3.63) is 0 Å². The minimum atomic E-state index is -1.50. The standard InChI is InChI=1S/C21H48FN5OS4/c1-12-15-31-19(29-11,30-14-3)18(28-16(4)5)27(22)20(23,32-17(6)7)21(24-8,25-13-2)26(9)10/h16-18,24-25H,12-15,23H2,1-11H3. The summed E-state index contributed by atoms with van der Waals surface area (Å²) >= 11 is 6.49. The lowest BCUT2D eigenvalue weighted by Gasteiger charge is -2.56. The highest BCUT2D eigenvalue weighted by Gasteiger charge is 2.61. The van der Waals surface area contributed by atoms with E-state index >= 15 is 4.48 Å². The molecule has 6 nitrogen and oxygen atoms in total. The summed E-state index contributed by atoms with van der Waals surface area (Å²) in [5, 5.41) is 7.60. The summed E-state index contributed by atoms with van der Waals surface area (Å²) < 4.78 is 22.8. The first-order chi connectivity index (χ1) is 14.9. The molecule has 0 aliphatic rings. The minimum absolute atomic E-state index is 0.0788. The van der Waals surface area contributed by atoms with E-state index in [9.17, 15) is 0 Å². The van der Waals surface area contributed by atoms with E-state index in [1.165, 1.54) is 11.8 Å². The molecule has 0 amide bonds. The topological polar surface area (TPSA) is 65.8 Å². The van der Waals surface area contributed by atoms with Crippen molar-refractivity contribution < 1.29 is 9.22 Å². The Labute approximate surface area is 214 Å². The first-order valence-corrected chi connectivity index (χ1v) is 15.5. The highest BCUT2D eigenvalue weighted by molar-refractivity contribution is 8.33. The third-order valence-electron chi connectivity index (χ3n) is 4.76. The lowest BCUT2D eigenvalue weighted by molar-refractivity contribution is -0.228. The van der Waals surface area contributed by atoms with Crippen LogP contribution in [0.15, 0.2) is 0 Å². The molecule has 0 aromatic carbocycles. The summed E-state index contributed by atoms with van der Waals surface area (Å²) in [5.74, 6) is 0.698. The summed E-state index contributed by atoms with van der Waals surface area (Å²) in [5.41, 5.74) is 7.11. The van der Waals surface area contributed by atoms with Crippen molar-refractivity contribution >= 4 is 47.0 Å². The van der Waals surface area contributed by atoms with E-state index in [2.05, 4.69) is 24.5 Å². The number of hydrogen-bond donors (Lipinski definition) is 3. The molecule has 4 unspecified atom stereocenters. The molecule has 32 heavy (non-hydrogen) atoms. The highest BCUT2D eigenvalue weighted by Crippen LogP contribution is 2.53. The molecule has 194 valence electrons. The fourth-order valence-corrected chi connectivity index (χ4v) is 9.31. The van der Waals surface area contributed by atoms with Crippen LogP contribution in [0, 0.1) is 0 Å². The van der Waals surface area contributed by atoms with Gasteiger partial charge in [-0.15, -0.1) is 51.5 Å². The molecule has 0 aromatic rings.